The normalized spacial score (nSPS) is 25.5. The first-order valence-corrected chi connectivity index (χ1v) is 14.9. The number of hydrogen-bond donors (Lipinski definition) is 1. The van der Waals surface area contributed by atoms with Crippen molar-refractivity contribution in [2.45, 2.75) is 83.5 Å². The number of pyridine rings is 1. The van der Waals surface area contributed by atoms with E-state index in [2.05, 4.69) is 26.2 Å². The highest BCUT2D eigenvalue weighted by Crippen LogP contribution is 2.36. The highest BCUT2D eigenvalue weighted by molar-refractivity contribution is 5.86. The highest BCUT2D eigenvalue weighted by atomic mass is 16.6. The van der Waals surface area contributed by atoms with Crippen molar-refractivity contribution < 1.29 is 19.1 Å². The summed E-state index contributed by atoms with van der Waals surface area (Å²) in [5.41, 5.74) is -0.507. The molecule has 1 aromatic rings. The molecule has 10 heteroatoms. The van der Waals surface area contributed by atoms with Gasteiger partial charge in [0, 0.05) is 51.0 Å². The number of nitrogens with zero attached hydrogens (tertiary/aromatic N) is 5. The van der Waals surface area contributed by atoms with Crippen molar-refractivity contribution in [2.24, 2.45) is 11.3 Å². The molecule has 0 aliphatic carbocycles. The topological polar surface area (TPSA) is 111 Å². The first-order valence-electron chi connectivity index (χ1n) is 14.9. The Morgan fingerprint density at radius 1 is 1.18 bits per heavy atom. The molecule has 4 aliphatic heterocycles. The molecule has 5 heterocycles. The number of carbonyl (C=O) groups excluding carboxylic acids is 2. The first kappa shape index (κ1) is 28.8. The number of anilines is 1. The van der Waals surface area contributed by atoms with Crippen LogP contribution >= 0.6 is 0 Å². The fourth-order valence-corrected chi connectivity index (χ4v) is 6.61. The van der Waals surface area contributed by atoms with Crippen LogP contribution in [-0.4, -0.2) is 95.3 Å². The highest BCUT2D eigenvalue weighted by Gasteiger charge is 2.45. The number of amides is 2. The fourth-order valence-electron chi connectivity index (χ4n) is 6.61. The second-order valence-corrected chi connectivity index (χ2v) is 13.0. The largest absolute Gasteiger partial charge is 0.444 e. The third-order valence-electron chi connectivity index (χ3n) is 8.99. The van der Waals surface area contributed by atoms with E-state index in [0.717, 1.165) is 51.3 Å². The van der Waals surface area contributed by atoms with Crippen LogP contribution in [0.4, 0.5) is 10.6 Å². The van der Waals surface area contributed by atoms with Crippen molar-refractivity contribution in [3.63, 3.8) is 0 Å². The molecule has 40 heavy (non-hydrogen) atoms. The lowest BCUT2D eigenvalue weighted by atomic mass is 9.77. The number of hydrogen-bond acceptors (Lipinski definition) is 8. The molecule has 2 unspecified atom stereocenters. The van der Waals surface area contributed by atoms with E-state index in [1.807, 2.05) is 37.8 Å². The van der Waals surface area contributed by atoms with Crippen LogP contribution < -0.4 is 5.32 Å². The van der Waals surface area contributed by atoms with Crippen LogP contribution in [0.3, 0.4) is 0 Å². The molecule has 0 aromatic carbocycles. The Kier molecular flexibility index (Phi) is 8.64. The Hall–Kier alpha value is -2.74. The standard InChI is InChI=1S/C30H44N6O4/c1-29(2,3)40-28(38)33-26-16-23(4-10-32-26)18-34-14-8-30(21-31,9-15-34)27(37)35-11-5-22(6-12-35)7-13-36-24-17-25(36)20-39-19-24/h4,10,16,22,24-25H,5-9,11-15,17-20H2,1-3H3,(H,32,33,38). The molecule has 0 spiro atoms. The molecule has 4 fully saturated rings. The lowest BCUT2D eigenvalue weighted by Crippen LogP contribution is -2.63. The second kappa shape index (κ2) is 12.0. The summed E-state index contributed by atoms with van der Waals surface area (Å²) in [5.74, 6) is 1.12. The van der Waals surface area contributed by atoms with E-state index in [1.165, 1.54) is 12.8 Å². The van der Waals surface area contributed by atoms with Gasteiger partial charge >= 0.3 is 6.09 Å². The molecule has 2 atom stereocenters. The average Bonchev–Trinajstić information content (AvgIpc) is 2.93. The number of rotatable bonds is 7. The van der Waals surface area contributed by atoms with Gasteiger partial charge in [-0.25, -0.2) is 9.78 Å². The number of carbonyl (C=O) groups is 2. The molecule has 2 amide bonds. The van der Waals surface area contributed by atoms with Gasteiger partial charge in [0.15, 0.2) is 0 Å². The van der Waals surface area contributed by atoms with Crippen molar-refractivity contribution in [3.05, 3.63) is 23.9 Å². The van der Waals surface area contributed by atoms with E-state index in [1.54, 1.807) is 6.20 Å². The summed E-state index contributed by atoms with van der Waals surface area (Å²) in [6, 6.07) is 7.43. The van der Waals surface area contributed by atoms with Gasteiger partial charge in [-0.3, -0.25) is 19.9 Å². The molecular formula is C30H44N6O4. The molecule has 1 N–H and O–H groups in total. The zero-order chi connectivity index (χ0) is 28.3. The molecule has 0 saturated carbocycles. The van der Waals surface area contributed by atoms with Gasteiger partial charge in [0.25, 0.3) is 0 Å². The summed E-state index contributed by atoms with van der Waals surface area (Å²) in [4.78, 5) is 36.7. The zero-order valence-corrected chi connectivity index (χ0v) is 24.2. The second-order valence-electron chi connectivity index (χ2n) is 13.0. The average molecular weight is 553 g/mol. The van der Waals surface area contributed by atoms with E-state index in [0.29, 0.717) is 56.3 Å². The molecule has 2 bridgehead atoms. The maximum absolute atomic E-state index is 13.6. The molecule has 1 aromatic heterocycles. The quantitative estimate of drug-likeness (QED) is 0.546. The number of nitrogens with one attached hydrogen (secondary N) is 1. The number of aromatic nitrogens is 1. The Balaban J connectivity index is 1.07. The van der Waals surface area contributed by atoms with Gasteiger partial charge in [0.1, 0.15) is 16.8 Å². The fraction of sp³-hybridized carbons (Fsp3) is 0.733. The summed E-state index contributed by atoms with van der Waals surface area (Å²) in [6.45, 7) is 11.9. The minimum atomic E-state index is -0.930. The molecule has 4 aliphatic rings. The molecule has 4 saturated heterocycles. The number of morpholine rings is 1. The van der Waals surface area contributed by atoms with Crippen LogP contribution in [0.5, 0.6) is 0 Å². The van der Waals surface area contributed by atoms with Crippen molar-refractivity contribution >= 4 is 17.8 Å². The van der Waals surface area contributed by atoms with Crippen LogP contribution in [0.1, 0.15) is 64.9 Å². The van der Waals surface area contributed by atoms with E-state index < -0.39 is 17.1 Å². The van der Waals surface area contributed by atoms with E-state index in [9.17, 15) is 14.9 Å². The maximum Gasteiger partial charge on any atom is 0.413 e. The van der Waals surface area contributed by atoms with Crippen LogP contribution in [0, 0.1) is 22.7 Å². The van der Waals surface area contributed by atoms with Crippen molar-refractivity contribution in [3.8, 4) is 6.07 Å². The number of piperidine rings is 2. The first-order chi connectivity index (χ1) is 19.1. The Morgan fingerprint density at radius 3 is 2.50 bits per heavy atom. The van der Waals surface area contributed by atoms with Crippen LogP contribution in [0.25, 0.3) is 0 Å². The van der Waals surface area contributed by atoms with E-state index >= 15 is 0 Å². The summed E-state index contributed by atoms with van der Waals surface area (Å²) in [6.07, 6.45) is 6.74. The van der Waals surface area contributed by atoms with E-state index in [4.69, 9.17) is 9.47 Å². The van der Waals surface area contributed by atoms with E-state index in [-0.39, 0.29) is 5.91 Å². The summed E-state index contributed by atoms with van der Waals surface area (Å²) < 4.78 is 10.9. The minimum absolute atomic E-state index is 0.0234. The Morgan fingerprint density at radius 2 is 1.88 bits per heavy atom. The Labute approximate surface area is 238 Å². The third-order valence-corrected chi connectivity index (χ3v) is 8.99. The molecule has 5 rings (SSSR count). The number of likely N-dealkylation sites (tertiary alicyclic amines) is 2. The molecule has 0 radical (unpaired) electrons. The van der Waals surface area contributed by atoms with Gasteiger partial charge in [-0.2, -0.15) is 5.26 Å². The summed E-state index contributed by atoms with van der Waals surface area (Å²) >= 11 is 0. The summed E-state index contributed by atoms with van der Waals surface area (Å²) in [7, 11) is 0. The van der Waals surface area contributed by atoms with Crippen molar-refractivity contribution in [2.75, 3.05) is 51.3 Å². The lowest BCUT2D eigenvalue weighted by molar-refractivity contribution is -0.143. The molecular weight excluding hydrogens is 508 g/mol. The van der Waals surface area contributed by atoms with Crippen LogP contribution in [0.15, 0.2) is 18.3 Å². The lowest BCUT2D eigenvalue weighted by Gasteiger charge is -2.53. The number of fused-ring (bicyclic) bond motifs is 2. The smallest absolute Gasteiger partial charge is 0.413 e. The predicted octanol–water partition coefficient (Wildman–Crippen LogP) is 3.64. The molecule has 10 nitrogen and oxygen atoms in total. The number of ether oxygens (including phenoxy) is 2. The maximum atomic E-state index is 13.6. The molecule has 218 valence electrons. The van der Waals surface area contributed by atoms with Gasteiger partial charge in [-0.15, -0.1) is 0 Å². The Bertz CT molecular complexity index is 1080. The van der Waals surface area contributed by atoms with Gasteiger partial charge in [-0.1, -0.05) is 0 Å². The van der Waals surface area contributed by atoms with Crippen molar-refractivity contribution in [1.82, 2.24) is 19.7 Å². The predicted molar refractivity (Wildman–Crippen MR) is 150 cm³/mol. The number of nitriles is 1. The van der Waals surface area contributed by atoms with Gasteiger partial charge in [0.2, 0.25) is 5.91 Å². The third kappa shape index (κ3) is 6.76. The zero-order valence-electron chi connectivity index (χ0n) is 24.2. The van der Waals surface area contributed by atoms with Gasteiger partial charge < -0.3 is 14.4 Å². The van der Waals surface area contributed by atoms with Gasteiger partial charge in [0.05, 0.1) is 19.3 Å². The SMILES string of the molecule is CC(C)(C)OC(=O)Nc1cc(CN2CCC(C#N)(C(=O)N3CCC(CCN4C5COCC4C5)CC3)CC2)ccn1. The van der Waals surface area contributed by atoms with Crippen LogP contribution in [-0.2, 0) is 20.8 Å². The monoisotopic (exact) mass is 552 g/mol. The van der Waals surface area contributed by atoms with Crippen LogP contribution in [0.2, 0.25) is 0 Å². The minimum Gasteiger partial charge on any atom is -0.444 e. The summed E-state index contributed by atoms with van der Waals surface area (Å²) in [5, 5.41) is 12.8. The van der Waals surface area contributed by atoms with Crippen molar-refractivity contribution in [1.29, 1.82) is 5.26 Å². The van der Waals surface area contributed by atoms with Gasteiger partial charge in [-0.05, 0) is 89.5 Å².